The zero-order valence-electron chi connectivity index (χ0n) is 13.9. The van der Waals surface area contributed by atoms with Gasteiger partial charge in [0.15, 0.2) is 5.76 Å². The maximum atomic E-state index is 13.4. The van der Waals surface area contributed by atoms with Crippen molar-refractivity contribution in [3.63, 3.8) is 0 Å². The van der Waals surface area contributed by atoms with Gasteiger partial charge in [-0.2, -0.15) is 0 Å². The van der Waals surface area contributed by atoms with Crippen molar-refractivity contribution in [2.24, 2.45) is 11.3 Å². The molecule has 3 saturated carbocycles. The van der Waals surface area contributed by atoms with Crippen molar-refractivity contribution in [1.29, 1.82) is 0 Å². The van der Waals surface area contributed by atoms with Crippen LogP contribution in [0.1, 0.15) is 55.5 Å². The number of hydrogen-bond acceptors (Lipinski definition) is 3. The molecule has 0 unspecified atom stereocenters. The summed E-state index contributed by atoms with van der Waals surface area (Å²) in [4.78, 5) is 24.2. The first kappa shape index (κ1) is 16.5. The normalized spacial score (nSPS) is 35.7. The highest BCUT2D eigenvalue weighted by atomic mass is 19.3. The SMILES string of the molecule is O=C(NC1CC(NC(=O)C2CCC3(CC2)CC3(F)F)C1)c1ccco1. The van der Waals surface area contributed by atoms with E-state index in [4.69, 9.17) is 4.42 Å². The second-order valence-electron chi connectivity index (χ2n) is 7.76. The Hall–Kier alpha value is -1.92. The molecule has 4 rings (SSSR count). The number of alkyl halides is 2. The van der Waals surface area contributed by atoms with E-state index in [1.165, 1.54) is 6.26 Å². The van der Waals surface area contributed by atoms with Crippen molar-refractivity contribution in [2.75, 3.05) is 0 Å². The van der Waals surface area contributed by atoms with E-state index in [1.807, 2.05) is 0 Å². The molecule has 7 heteroatoms. The summed E-state index contributed by atoms with van der Waals surface area (Å²) in [7, 11) is 0. The van der Waals surface area contributed by atoms with Crippen LogP contribution in [0.15, 0.2) is 22.8 Å². The van der Waals surface area contributed by atoms with Crippen LogP contribution in [0.4, 0.5) is 8.78 Å². The van der Waals surface area contributed by atoms with Gasteiger partial charge in [-0.1, -0.05) is 0 Å². The van der Waals surface area contributed by atoms with E-state index < -0.39 is 11.3 Å². The molecule has 0 aliphatic heterocycles. The summed E-state index contributed by atoms with van der Waals surface area (Å²) in [5.74, 6) is -2.66. The Bertz CT molecular complexity index is 660. The Morgan fingerprint density at radius 1 is 1.12 bits per heavy atom. The lowest BCUT2D eigenvalue weighted by Crippen LogP contribution is -2.54. The van der Waals surface area contributed by atoms with Crippen LogP contribution >= 0.6 is 0 Å². The van der Waals surface area contributed by atoms with Crippen LogP contribution in [0.5, 0.6) is 0 Å². The van der Waals surface area contributed by atoms with Gasteiger partial charge in [-0.05, 0) is 50.7 Å². The molecule has 25 heavy (non-hydrogen) atoms. The first-order chi connectivity index (χ1) is 11.9. The van der Waals surface area contributed by atoms with Gasteiger partial charge in [0.1, 0.15) is 0 Å². The third kappa shape index (κ3) is 3.04. The van der Waals surface area contributed by atoms with Crippen LogP contribution in [0.2, 0.25) is 0 Å². The lowest BCUT2D eigenvalue weighted by Gasteiger charge is -2.37. The molecular formula is C18H22F2N2O3. The van der Waals surface area contributed by atoms with Gasteiger partial charge in [-0.3, -0.25) is 9.59 Å². The lowest BCUT2D eigenvalue weighted by atomic mass is 9.78. The quantitative estimate of drug-likeness (QED) is 0.875. The van der Waals surface area contributed by atoms with Gasteiger partial charge in [0.2, 0.25) is 5.91 Å². The van der Waals surface area contributed by atoms with E-state index in [2.05, 4.69) is 10.6 Å². The van der Waals surface area contributed by atoms with Gasteiger partial charge in [-0.15, -0.1) is 0 Å². The number of nitrogens with one attached hydrogen (secondary N) is 2. The zero-order chi connectivity index (χ0) is 17.7. The van der Waals surface area contributed by atoms with Crippen molar-refractivity contribution in [1.82, 2.24) is 10.6 Å². The van der Waals surface area contributed by atoms with Crippen molar-refractivity contribution >= 4 is 11.8 Å². The van der Waals surface area contributed by atoms with Gasteiger partial charge in [0.05, 0.1) is 6.26 Å². The van der Waals surface area contributed by atoms with Crippen LogP contribution in [-0.2, 0) is 4.79 Å². The minimum absolute atomic E-state index is 0.00594. The van der Waals surface area contributed by atoms with Crippen LogP contribution in [0, 0.1) is 11.3 Å². The number of hydrogen-bond donors (Lipinski definition) is 2. The fourth-order valence-corrected chi connectivity index (χ4v) is 4.19. The van der Waals surface area contributed by atoms with Gasteiger partial charge in [-0.25, -0.2) is 8.78 Å². The Morgan fingerprint density at radius 2 is 1.76 bits per heavy atom. The fraction of sp³-hybridized carbons (Fsp3) is 0.667. The molecule has 2 N–H and O–H groups in total. The highest BCUT2D eigenvalue weighted by molar-refractivity contribution is 5.91. The number of rotatable bonds is 4. The number of furan rings is 1. The maximum absolute atomic E-state index is 13.4. The number of carbonyl (C=O) groups excluding carboxylic acids is 2. The second kappa shape index (κ2) is 5.81. The smallest absolute Gasteiger partial charge is 0.287 e. The highest BCUT2D eigenvalue weighted by Crippen LogP contribution is 2.67. The molecule has 0 bridgehead atoms. The predicted octanol–water partition coefficient (Wildman–Crippen LogP) is 2.87. The summed E-state index contributed by atoms with van der Waals surface area (Å²) in [6.45, 7) is 0. The molecule has 1 spiro atoms. The zero-order valence-corrected chi connectivity index (χ0v) is 13.9. The van der Waals surface area contributed by atoms with Gasteiger partial charge in [0.25, 0.3) is 11.8 Å². The Balaban J connectivity index is 1.17. The largest absolute Gasteiger partial charge is 0.459 e. The summed E-state index contributed by atoms with van der Waals surface area (Å²) >= 11 is 0. The Morgan fingerprint density at radius 3 is 2.32 bits per heavy atom. The highest BCUT2D eigenvalue weighted by Gasteiger charge is 2.70. The molecule has 1 aromatic rings. The van der Waals surface area contributed by atoms with E-state index >= 15 is 0 Å². The van der Waals surface area contributed by atoms with E-state index in [9.17, 15) is 18.4 Å². The minimum atomic E-state index is -2.51. The molecule has 0 saturated heterocycles. The number of amides is 2. The van der Waals surface area contributed by atoms with E-state index in [1.54, 1.807) is 12.1 Å². The summed E-state index contributed by atoms with van der Waals surface area (Å²) in [5, 5.41) is 5.85. The van der Waals surface area contributed by atoms with Gasteiger partial charge < -0.3 is 15.1 Å². The molecule has 0 aromatic carbocycles. The van der Waals surface area contributed by atoms with Crippen molar-refractivity contribution in [3.05, 3.63) is 24.2 Å². The van der Waals surface area contributed by atoms with Crippen molar-refractivity contribution < 1.29 is 22.8 Å². The molecule has 1 aromatic heterocycles. The molecule has 5 nitrogen and oxygen atoms in total. The molecule has 0 atom stereocenters. The average molecular weight is 352 g/mol. The molecular weight excluding hydrogens is 330 g/mol. The average Bonchev–Trinajstić information content (AvgIpc) is 2.94. The standard InChI is InChI=1S/C18H22F2N2O3/c19-18(20)10-17(18)5-3-11(4-6-17)15(23)21-12-8-13(9-12)22-16(24)14-2-1-7-25-14/h1-2,7,11-13H,3-6,8-10H2,(H,21,23)(H,22,24). The molecule has 3 aliphatic rings. The summed E-state index contributed by atoms with van der Waals surface area (Å²) in [6, 6.07) is 3.34. The van der Waals surface area contributed by atoms with Gasteiger partial charge in [0, 0.05) is 29.8 Å². The third-order valence-electron chi connectivity index (χ3n) is 6.09. The van der Waals surface area contributed by atoms with Crippen LogP contribution in [0.3, 0.4) is 0 Å². The Labute approximate surface area is 144 Å². The summed E-state index contributed by atoms with van der Waals surface area (Å²) in [6.07, 6.45) is 4.81. The fourth-order valence-electron chi connectivity index (χ4n) is 4.19. The maximum Gasteiger partial charge on any atom is 0.287 e. The number of halogens is 2. The first-order valence-corrected chi connectivity index (χ1v) is 8.91. The molecule has 2 amide bonds. The van der Waals surface area contributed by atoms with Crippen molar-refractivity contribution in [3.8, 4) is 0 Å². The molecule has 1 heterocycles. The van der Waals surface area contributed by atoms with E-state index in [0.29, 0.717) is 38.5 Å². The van der Waals surface area contributed by atoms with Crippen LogP contribution in [-0.4, -0.2) is 29.8 Å². The monoisotopic (exact) mass is 352 g/mol. The van der Waals surface area contributed by atoms with Crippen molar-refractivity contribution in [2.45, 2.75) is 63.0 Å². The van der Waals surface area contributed by atoms with Gasteiger partial charge >= 0.3 is 0 Å². The van der Waals surface area contributed by atoms with E-state index in [-0.39, 0.29) is 42.0 Å². The number of carbonyl (C=O) groups is 2. The first-order valence-electron chi connectivity index (χ1n) is 8.91. The lowest BCUT2D eigenvalue weighted by molar-refractivity contribution is -0.128. The molecule has 3 aliphatic carbocycles. The van der Waals surface area contributed by atoms with E-state index in [0.717, 1.165) is 0 Å². The Kier molecular flexibility index (Phi) is 3.85. The minimum Gasteiger partial charge on any atom is -0.459 e. The second-order valence-corrected chi connectivity index (χ2v) is 7.76. The summed E-state index contributed by atoms with van der Waals surface area (Å²) in [5.41, 5.74) is -0.804. The predicted molar refractivity (Wildman–Crippen MR) is 85.1 cm³/mol. The molecule has 3 fully saturated rings. The van der Waals surface area contributed by atoms with Crippen LogP contribution in [0.25, 0.3) is 0 Å². The topological polar surface area (TPSA) is 71.3 Å². The summed E-state index contributed by atoms with van der Waals surface area (Å²) < 4.78 is 31.8. The molecule has 0 radical (unpaired) electrons. The van der Waals surface area contributed by atoms with Crippen LogP contribution < -0.4 is 10.6 Å². The molecule has 136 valence electrons. The third-order valence-corrected chi connectivity index (χ3v) is 6.09.